The molecule has 0 saturated heterocycles. The first-order valence-electron chi connectivity index (χ1n) is 6.95. The van der Waals surface area contributed by atoms with Gasteiger partial charge >= 0.3 is 0 Å². The molecule has 0 aliphatic rings. The highest BCUT2D eigenvalue weighted by atomic mass is 32.1. The highest BCUT2D eigenvalue weighted by molar-refractivity contribution is 7.09. The van der Waals surface area contributed by atoms with Crippen molar-refractivity contribution < 1.29 is 0 Å². The minimum atomic E-state index is 0.345. The van der Waals surface area contributed by atoms with Gasteiger partial charge in [-0.15, -0.1) is 11.3 Å². The Morgan fingerprint density at radius 3 is 2.78 bits per heavy atom. The van der Waals surface area contributed by atoms with E-state index in [-0.39, 0.29) is 0 Å². The smallest absolute Gasteiger partial charge is 0.0897 e. The van der Waals surface area contributed by atoms with Crippen LogP contribution in [0, 0.1) is 12.8 Å². The molecule has 1 rings (SSSR count). The summed E-state index contributed by atoms with van der Waals surface area (Å²) in [5, 5.41) is 6.83. The molecule has 1 aromatic heterocycles. The fraction of sp³-hybridized carbons (Fsp3) is 0.786. The Kier molecular flexibility index (Phi) is 7.47. The summed E-state index contributed by atoms with van der Waals surface area (Å²) >= 11 is 1.73. The van der Waals surface area contributed by atoms with Crippen molar-refractivity contribution in [1.82, 2.24) is 10.3 Å². The number of aromatic nitrogens is 1. The number of hydrogen-bond acceptors (Lipinski definition) is 4. The van der Waals surface area contributed by atoms with E-state index in [1.54, 1.807) is 11.3 Å². The van der Waals surface area contributed by atoms with Crippen molar-refractivity contribution in [3.63, 3.8) is 0 Å². The lowest BCUT2D eigenvalue weighted by Crippen LogP contribution is -2.24. The van der Waals surface area contributed by atoms with Crippen LogP contribution in [0.4, 0.5) is 0 Å². The molecule has 1 heterocycles. The van der Waals surface area contributed by atoms with E-state index in [1.165, 1.54) is 18.5 Å². The van der Waals surface area contributed by atoms with Gasteiger partial charge in [0.05, 0.1) is 10.7 Å². The van der Waals surface area contributed by atoms with Crippen LogP contribution < -0.4 is 11.1 Å². The van der Waals surface area contributed by atoms with Crippen LogP contribution in [-0.2, 0) is 6.42 Å². The van der Waals surface area contributed by atoms with Crippen molar-refractivity contribution in [2.75, 3.05) is 13.1 Å². The molecule has 0 amide bonds. The van der Waals surface area contributed by atoms with Gasteiger partial charge < -0.3 is 11.1 Å². The van der Waals surface area contributed by atoms with Crippen LogP contribution in [0.3, 0.4) is 0 Å². The third-order valence-electron chi connectivity index (χ3n) is 3.07. The topological polar surface area (TPSA) is 50.9 Å². The fourth-order valence-corrected chi connectivity index (χ4v) is 2.63. The van der Waals surface area contributed by atoms with E-state index in [9.17, 15) is 0 Å². The number of hydrogen-bond donors (Lipinski definition) is 2. The average molecular weight is 269 g/mol. The van der Waals surface area contributed by atoms with Crippen molar-refractivity contribution in [3.05, 3.63) is 16.1 Å². The molecule has 18 heavy (non-hydrogen) atoms. The molecular formula is C14H27N3S. The van der Waals surface area contributed by atoms with Crippen LogP contribution in [0.5, 0.6) is 0 Å². The molecule has 0 fully saturated rings. The van der Waals surface area contributed by atoms with E-state index in [0.29, 0.717) is 6.04 Å². The maximum absolute atomic E-state index is 5.75. The molecule has 0 aliphatic heterocycles. The standard InChI is InChI=1S/C14H27N3S/c1-11(5-4-6-12(2)15)9-16-8-7-14-10-18-13(3)17-14/h10-12,16H,4-9,15H2,1-3H3. The van der Waals surface area contributed by atoms with E-state index >= 15 is 0 Å². The normalized spacial score (nSPS) is 14.7. The zero-order valence-corrected chi connectivity index (χ0v) is 12.7. The van der Waals surface area contributed by atoms with Crippen LogP contribution in [-0.4, -0.2) is 24.1 Å². The number of nitrogens with one attached hydrogen (secondary N) is 1. The molecule has 2 unspecified atom stereocenters. The highest BCUT2D eigenvalue weighted by Gasteiger charge is 2.03. The maximum Gasteiger partial charge on any atom is 0.0897 e. The van der Waals surface area contributed by atoms with Gasteiger partial charge in [-0.1, -0.05) is 13.3 Å². The second-order valence-electron chi connectivity index (χ2n) is 5.33. The summed E-state index contributed by atoms with van der Waals surface area (Å²) in [6.45, 7) is 8.57. The quantitative estimate of drug-likeness (QED) is 0.678. The molecular weight excluding hydrogens is 242 g/mol. The van der Waals surface area contributed by atoms with Crippen LogP contribution in [0.1, 0.15) is 43.8 Å². The summed E-state index contributed by atoms with van der Waals surface area (Å²) in [7, 11) is 0. The Morgan fingerprint density at radius 1 is 1.39 bits per heavy atom. The summed E-state index contributed by atoms with van der Waals surface area (Å²) in [6.07, 6.45) is 4.69. The van der Waals surface area contributed by atoms with Gasteiger partial charge in [-0.3, -0.25) is 0 Å². The second kappa shape index (κ2) is 8.62. The maximum atomic E-state index is 5.75. The van der Waals surface area contributed by atoms with Gasteiger partial charge in [0.1, 0.15) is 0 Å². The summed E-state index contributed by atoms with van der Waals surface area (Å²) in [5.74, 6) is 0.737. The van der Waals surface area contributed by atoms with E-state index < -0.39 is 0 Å². The van der Waals surface area contributed by atoms with E-state index in [0.717, 1.165) is 36.9 Å². The third-order valence-corrected chi connectivity index (χ3v) is 3.90. The Hall–Kier alpha value is -0.450. The molecule has 2 atom stereocenters. The molecule has 0 aromatic carbocycles. The number of aryl methyl sites for hydroxylation is 1. The molecule has 0 saturated carbocycles. The lowest BCUT2D eigenvalue weighted by molar-refractivity contribution is 0.449. The molecule has 1 aromatic rings. The van der Waals surface area contributed by atoms with Gasteiger partial charge in [0.15, 0.2) is 0 Å². The van der Waals surface area contributed by atoms with E-state index in [1.807, 2.05) is 0 Å². The van der Waals surface area contributed by atoms with Crippen molar-refractivity contribution in [1.29, 1.82) is 0 Å². The number of thiazole rings is 1. The first kappa shape index (κ1) is 15.6. The van der Waals surface area contributed by atoms with E-state index in [4.69, 9.17) is 5.73 Å². The van der Waals surface area contributed by atoms with Crippen LogP contribution in [0.25, 0.3) is 0 Å². The van der Waals surface area contributed by atoms with Gasteiger partial charge in [0.2, 0.25) is 0 Å². The lowest BCUT2D eigenvalue weighted by atomic mass is 10.0. The van der Waals surface area contributed by atoms with Crippen LogP contribution in [0.2, 0.25) is 0 Å². The SMILES string of the molecule is Cc1nc(CCNCC(C)CCCC(C)N)cs1. The molecule has 0 aliphatic carbocycles. The summed E-state index contributed by atoms with van der Waals surface area (Å²) in [4.78, 5) is 4.46. The zero-order valence-electron chi connectivity index (χ0n) is 11.9. The van der Waals surface area contributed by atoms with Crippen LogP contribution >= 0.6 is 11.3 Å². The van der Waals surface area contributed by atoms with Gasteiger partial charge in [-0.05, 0) is 39.2 Å². The van der Waals surface area contributed by atoms with Gasteiger partial charge in [0, 0.05) is 24.4 Å². The Labute approximate surface area is 115 Å². The predicted octanol–water partition coefficient (Wildman–Crippen LogP) is 2.74. The Morgan fingerprint density at radius 2 is 2.17 bits per heavy atom. The van der Waals surface area contributed by atoms with Crippen molar-refractivity contribution >= 4 is 11.3 Å². The molecule has 3 nitrogen and oxygen atoms in total. The molecule has 0 radical (unpaired) electrons. The number of rotatable bonds is 9. The number of nitrogens with two attached hydrogens (primary N) is 1. The largest absolute Gasteiger partial charge is 0.328 e. The first-order chi connectivity index (χ1) is 8.58. The van der Waals surface area contributed by atoms with Crippen molar-refractivity contribution in [3.8, 4) is 0 Å². The molecule has 104 valence electrons. The predicted molar refractivity (Wildman–Crippen MR) is 80.1 cm³/mol. The Balaban J connectivity index is 2.00. The summed E-state index contributed by atoms with van der Waals surface area (Å²) < 4.78 is 0. The van der Waals surface area contributed by atoms with Gasteiger partial charge in [-0.25, -0.2) is 4.98 Å². The second-order valence-corrected chi connectivity index (χ2v) is 6.39. The Bertz CT molecular complexity index is 323. The average Bonchev–Trinajstić information content (AvgIpc) is 2.70. The van der Waals surface area contributed by atoms with E-state index in [2.05, 4.69) is 36.5 Å². The van der Waals surface area contributed by atoms with Gasteiger partial charge in [-0.2, -0.15) is 0 Å². The molecule has 0 bridgehead atoms. The summed E-state index contributed by atoms with van der Waals surface area (Å²) in [5.41, 5.74) is 6.96. The lowest BCUT2D eigenvalue weighted by Gasteiger charge is -2.13. The van der Waals surface area contributed by atoms with Crippen LogP contribution in [0.15, 0.2) is 5.38 Å². The summed E-state index contributed by atoms with van der Waals surface area (Å²) in [6, 6.07) is 0.345. The fourth-order valence-electron chi connectivity index (χ4n) is 1.98. The number of nitrogens with zero attached hydrogens (tertiary/aromatic N) is 1. The minimum Gasteiger partial charge on any atom is -0.328 e. The third kappa shape index (κ3) is 7.09. The van der Waals surface area contributed by atoms with Gasteiger partial charge in [0.25, 0.3) is 0 Å². The zero-order chi connectivity index (χ0) is 13.4. The molecule has 4 heteroatoms. The highest BCUT2D eigenvalue weighted by Crippen LogP contribution is 2.09. The minimum absolute atomic E-state index is 0.345. The first-order valence-corrected chi connectivity index (χ1v) is 7.83. The van der Waals surface area contributed by atoms with Crippen molar-refractivity contribution in [2.45, 2.75) is 52.5 Å². The molecule has 3 N–H and O–H groups in total. The van der Waals surface area contributed by atoms with Crippen molar-refractivity contribution in [2.24, 2.45) is 11.7 Å². The molecule has 0 spiro atoms. The monoisotopic (exact) mass is 269 g/mol.